The second-order valence-corrected chi connectivity index (χ2v) is 10.4. The van der Waals surface area contributed by atoms with Gasteiger partial charge in [-0.25, -0.2) is 13.1 Å². The van der Waals surface area contributed by atoms with Gasteiger partial charge in [-0.3, -0.25) is 0 Å². The molecule has 160 valence electrons. The van der Waals surface area contributed by atoms with E-state index in [0.717, 1.165) is 42.6 Å². The van der Waals surface area contributed by atoms with Crippen molar-refractivity contribution in [3.05, 3.63) is 83.9 Å². The molecule has 0 heterocycles. The van der Waals surface area contributed by atoms with Gasteiger partial charge in [0.1, 0.15) is 5.75 Å². The molecule has 1 saturated carbocycles. The molecule has 5 heteroatoms. The maximum absolute atomic E-state index is 13.0. The van der Waals surface area contributed by atoms with Crippen LogP contribution in [0.3, 0.4) is 0 Å². The van der Waals surface area contributed by atoms with Gasteiger partial charge < -0.3 is 4.74 Å². The minimum absolute atomic E-state index is 0.0210. The molecule has 2 aliphatic carbocycles. The van der Waals surface area contributed by atoms with Gasteiger partial charge in [-0.2, -0.15) is 0 Å². The number of rotatable bonds is 5. The van der Waals surface area contributed by atoms with Crippen LogP contribution in [-0.4, -0.2) is 21.6 Å². The molecule has 2 aliphatic rings. The zero-order valence-corrected chi connectivity index (χ0v) is 18.4. The molecule has 0 aromatic heterocycles. The molecule has 1 N–H and O–H groups in total. The van der Waals surface area contributed by atoms with Crippen LogP contribution in [0.5, 0.6) is 5.75 Å². The number of para-hydroxylation sites is 1. The second-order valence-electron chi connectivity index (χ2n) is 8.65. The highest BCUT2D eigenvalue weighted by molar-refractivity contribution is 7.89. The Labute approximate surface area is 184 Å². The molecule has 0 radical (unpaired) electrons. The molecule has 3 aromatic carbocycles. The Balaban J connectivity index is 1.44. The third-order valence-corrected chi connectivity index (χ3v) is 8.33. The molecule has 0 spiro atoms. The molecule has 4 nitrogen and oxygen atoms in total. The first kappa shape index (κ1) is 20.3. The normalized spacial score (nSPS) is 22.5. The zero-order chi connectivity index (χ0) is 21.4. The second kappa shape index (κ2) is 8.13. The van der Waals surface area contributed by atoms with Gasteiger partial charge in [-0.1, -0.05) is 54.6 Å². The molecule has 31 heavy (non-hydrogen) atoms. The predicted octanol–water partition coefficient (Wildman–Crippen LogP) is 4.83. The first-order valence-electron chi connectivity index (χ1n) is 10.9. The fraction of sp³-hybridized carbons (Fsp3) is 0.308. The molecule has 0 saturated heterocycles. The van der Waals surface area contributed by atoms with Crippen LogP contribution in [0.15, 0.2) is 77.7 Å². The van der Waals surface area contributed by atoms with E-state index in [0.29, 0.717) is 16.7 Å². The van der Waals surface area contributed by atoms with Gasteiger partial charge in [0.15, 0.2) is 0 Å². The smallest absolute Gasteiger partial charge is 0.240 e. The number of nitrogens with one attached hydrogen (secondary N) is 1. The molecule has 3 unspecified atom stereocenters. The summed E-state index contributed by atoms with van der Waals surface area (Å²) in [5.41, 5.74) is 4.91. The van der Waals surface area contributed by atoms with Crippen molar-refractivity contribution < 1.29 is 13.2 Å². The average Bonchev–Trinajstić information content (AvgIpc) is 3.07. The summed E-state index contributed by atoms with van der Waals surface area (Å²) in [5, 5.41) is 0. The number of ether oxygens (including phenoxy) is 1. The van der Waals surface area contributed by atoms with Gasteiger partial charge in [0.05, 0.1) is 12.0 Å². The number of fused-ring (bicyclic) bond motifs is 3. The molecular formula is C26H27NO3S. The van der Waals surface area contributed by atoms with Gasteiger partial charge in [0.2, 0.25) is 10.0 Å². The summed E-state index contributed by atoms with van der Waals surface area (Å²) in [7, 11) is -1.82. The Morgan fingerprint density at radius 1 is 0.839 bits per heavy atom. The Kier molecular flexibility index (Phi) is 5.32. The van der Waals surface area contributed by atoms with Gasteiger partial charge in [-0.05, 0) is 72.4 Å². The third kappa shape index (κ3) is 3.88. The molecule has 2 bridgehead atoms. The van der Waals surface area contributed by atoms with Gasteiger partial charge in [0.25, 0.3) is 0 Å². The fourth-order valence-corrected chi connectivity index (χ4v) is 6.69. The highest BCUT2D eigenvalue weighted by Gasteiger charge is 2.41. The minimum Gasteiger partial charge on any atom is -0.496 e. The summed E-state index contributed by atoms with van der Waals surface area (Å²) >= 11 is 0. The Morgan fingerprint density at radius 2 is 1.52 bits per heavy atom. The third-order valence-electron chi connectivity index (χ3n) is 6.86. The van der Waals surface area contributed by atoms with Crippen molar-refractivity contribution in [3.63, 3.8) is 0 Å². The number of benzene rings is 3. The molecule has 3 atom stereocenters. The van der Waals surface area contributed by atoms with Crippen molar-refractivity contribution in [2.45, 2.75) is 36.6 Å². The number of methoxy groups -OCH3 is 1. The van der Waals surface area contributed by atoms with E-state index in [1.807, 2.05) is 24.3 Å². The lowest BCUT2D eigenvalue weighted by atomic mass is 9.90. The van der Waals surface area contributed by atoms with Gasteiger partial charge in [-0.15, -0.1) is 0 Å². The van der Waals surface area contributed by atoms with Crippen LogP contribution in [0.1, 0.15) is 24.0 Å². The largest absolute Gasteiger partial charge is 0.496 e. The van der Waals surface area contributed by atoms with E-state index < -0.39 is 10.0 Å². The SMILES string of the molecule is COc1ccccc1-c1ccc2c(c1)CC1CCC(C2)C1NS(=O)(=O)c1ccccc1. The van der Waals surface area contributed by atoms with E-state index in [2.05, 4.69) is 29.0 Å². The molecule has 0 aliphatic heterocycles. The number of sulfonamides is 1. The van der Waals surface area contributed by atoms with Crippen LogP contribution in [0.4, 0.5) is 0 Å². The molecule has 5 rings (SSSR count). The quantitative estimate of drug-likeness (QED) is 0.627. The van der Waals surface area contributed by atoms with Crippen LogP contribution >= 0.6 is 0 Å². The lowest BCUT2D eigenvalue weighted by Gasteiger charge is -2.23. The lowest BCUT2D eigenvalue weighted by Crippen LogP contribution is -2.41. The number of hydrogen-bond acceptors (Lipinski definition) is 3. The van der Waals surface area contributed by atoms with Crippen LogP contribution < -0.4 is 9.46 Å². The van der Waals surface area contributed by atoms with Gasteiger partial charge >= 0.3 is 0 Å². The van der Waals surface area contributed by atoms with Crippen molar-refractivity contribution in [3.8, 4) is 16.9 Å². The first-order chi connectivity index (χ1) is 15.0. The summed E-state index contributed by atoms with van der Waals surface area (Å²) in [5.74, 6) is 1.52. The Morgan fingerprint density at radius 3 is 2.26 bits per heavy atom. The highest BCUT2D eigenvalue weighted by Crippen LogP contribution is 2.42. The van der Waals surface area contributed by atoms with Crippen LogP contribution in [0.25, 0.3) is 11.1 Å². The van der Waals surface area contributed by atoms with E-state index in [4.69, 9.17) is 4.74 Å². The van der Waals surface area contributed by atoms with Crippen molar-refractivity contribution in [2.24, 2.45) is 11.8 Å². The van der Waals surface area contributed by atoms with Crippen molar-refractivity contribution >= 4 is 10.0 Å². The van der Waals surface area contributed by atoms with Crippen LogP contribution in [-0.2, 0) is 22.9 Å². The first-order valence-corrected chi connectivity index (χ1v) is 12.4. The van der Waals surface area contributed by atoms with E-state index >= 15 is 0 Å². The van der Waals surface area contributed by atoms with E-state index in [1.54, 1.807) is 31.4 Å². The van der Waals surface area contributed by atoms with Crippen molar-refractivity contribution in [2.75, 3.05) is 7.11 Å². The molecule has 0 amide bonds. The fourth-order valence-electron chi connectivity index (χ4n) is 5.30. The summed E-state index contributed by atoms with van der Waals surface area (Å²) in [6.07, 6.45) is 3.95. The molecular weight excluding hydrogens is 406 g/mol. The van der Waals surface area contributed by atoms with Crippen molar-refractivity contribution in [1.29, 1.82) is 0 Å². The van der Waals surface area contributed by atoms with E-state index in [9.17, 15) is 8.42 Å². The topological polar surface area (TPSA) is 55.4 Å². The maximum atomic E-state index is 13.0. The Hall–Kier alpha value is -2.63. The maximum Gasteiger partial charge on any atom is 0.240 e. The summed E-state index contributed by atoms with van der Waals surface area (Å²) in [6.45, 7) is 0. The highest BCUT2D eigenvalue weighted by atomic mass is 32.2. The predicted molar refractivity (Wildman–Crippen MR) is 123 cm³/mol. The molecule has 1 fully saturated rings. The average molecular weight is 434 g/mol. The summed E-state index contributed by atoms with van der Waals surface area (Å²) in [4.78, 5) is 0.342. The van der Waals surface area contributed by atoms with Crippen LogP contribution in [0, 0.1) is 11.8 Å². The monoisotopic (exact) mass is 433 g/mol. The van der Waals surface area contributed by atoms with Gasteiger partial charge in [0, 0.05) is 11.6 Å². The summed E-state index contributed by atoms with van der Waals surface area (Å²) in [6, 6.07) is 23.4. The Bertz CT molecular complexity index is 1190. The van der Waals surface area contributed by atoms with E-state index in [-0.39, 0.29) is 6.04 Å². The summed E-state index contributed by atoms with van der Waals surface area (Å²) < 4.78 is 34.6. The standard InChI is InChI=1S/C26H27NO3S/c1-30-25-10-6-5-9-24(25)19-12-11-18-15-20-13-14-21(17-22(18)16-19)26(20)27-31(28,29)23-7-3-2-4-8-23/h2-12,16,20-21,26-27H,13-15,17H2,1H3. The number of hydrogen-bond donors (Lipinski definition) is 1. The minimum atomic E-state index is -3.52. The molecule has 3 aromatic rings. The lowest BCUT2D eigenvalue weighted by molar-refractivity contribution is 0.386. The van der Waals surface area contributed by atoms with E-state index in [1.165, 1.54) is 11.1 Å². The zero-order valence-electron chi connectivity index (χ0n) is 17.6. The van der Waals surface area contributed by atoms with Crippen molar-refractivity contribution in [1.82, 2.24) is 4.72 Å². The van der Waals surface area contributed by atoms with Crippen LogP contribution in [0.2, 0.25) is 0 Å².